The van der Waals surface area contributed by atoms with Crippen LogP contribution in [-0.4, -0.2) is 54.1 Å². The van der Waals surface area contributed by atoms with Gasteiger partial charge in [-0.05, 0) is 80.3 Å². The van der Waals surface area contributed by atoms with Gasteiger partial charge in [-0.25, -0.2) is 9.97 Å². The first-order valence-electron chi connectivity index (χ1n) is 14.2. The number of hydrogen-bond acceptors (Lipinski definition) is 7. The van der Waals surface area contributed by atoms with Crippen molar-refractivity contribution in [2.45, 2.75) is 45.2 Å². The van der Waals surface area contributed by atoms with E-state index in [-0.39, 0.29) is 0 Å². The zero-order chi connectivity index (χ0) is 26.6. The van der Waals surface area contributed by atoms with Crippen LogP contribution in [0.5, 0.6) is 0 Å². The molecule has 7 heteroatoms. The largest absolute Gasteiger partial charge is 0.459 e. The van der Waals surface area contributed by atoms with Crippen molar-refractivity contribution in [2.24, 2.45) is 0 Å². The number of anilines is 3. The summed E-state index contributed by atoms with van der Waals surface area (Å²) in [6, 6.07) is 22.1. The van der Waals surface area contributed by atoms with Gasteiger partial charge >= 0.3 is 0 Å². The van der Waals surface area contributed by atoms with Crippen molar-refractivity contribution in [2.75, 3.05) is 43.4 Å². The molecule has 0 radical (unpaired) electrons. The van der Waals surface area contributed by atoms with E-state index in [4.69, 9.17) is 9.40 Å². The van der Waals surface area contributed by atoms with Crippen molar-refractivity contribution < 1.29 is 4.42 Å². The molecular weight excluding hydrogens is 484 g/mol. The molecule has 4 heterocycles. The predicted octanol–water partition coefficient (Wildman–Crippen LogP) is 5.58. The summed E-state index contributed by atoms with van der Waals surface area (Å²) in [6.45, 7) is 7.21. The quantitative estimate of drug-likeness (QED) is 0.328. The van der Waals surface area contributed by atoms with E-state index < -0.39 is 0 Å². The molecule has 2 N–H and O–H groups in total. The van der Waals surface area contributed by atoms with Crippen LogP contribution in [0.25, 0.3) is 11.5 Å². The van der Waals surface area contributed by atoms with Gasteiger partial charge in [0, 0.05) is 62.8 Å². The van der Waals surface area contributed by atoms with E-state index >= 15 is 0 Å². The Morgan fingerprint density at radius 2 is 1.72 bits per heavy atom. The van der Waals surface area contributed by atoms with Crippen LogP contribution in [0.3, 0.4) is 0 Å². The van der Waals surface area contributed by atoms with Gasteiger partial charge in [0.15, 0.2) is 5.76 Å². The van der Waals surface area contributed by atoms with Crippen LogP contribution in [0.15, 0.2) is 71.3 Å². The molecule has 39 heavy (non-hydrogen) atoms. The van der Waals surface area contributed by atoms with Gasteiger partial charge in [0.05, 0.1) is 0 Å². The molecule has 7 nitrogen and oxygen atoms in total. The highest BCUT2D eigenvalue weighted by Gasteiger charge is 2.21. The van der Waals surface area contributed by atoms with Gasteiger partial charge in [-0.3, -0.25) is 4.90 Å². The van der Waals surface area contributed by atoms with Crippen LogP contribution in [0.4, 0.5) is 17.3 Å². The van der Waals surface area contributed by atoms with Crippen LogP contribution >= 0.6 is 0 Å². The van der Waals surface area contributed by atoms with Crippen LogP contribution in [0.1, 0.15) is 35.3 Å². The first kappa shape index (κ1) is 25.6. The fourth-order valence-corrected chi connectivity index (χ4v) is 5.72. The summed E-state index contributed by atoms with van der Waals surface area (Å²) in [7, 11) is 2.06. The van der Waals surface area contributed by atoms with Crippen molar-refractivity contribution in [1.29, 1.82) is 0 Å². The van der Waals surface area contributed by atoms with Gasteiger partial charge in [-0.2, -0.15) is 0 Å². The third-order valence-electron chi connectivity index (χ3n) is 8.10. The van der Waals surface area contributed by atoms with Crippen molar-refractivity contribution >= 4 is 17.3 Å². The maximum atomic E-state index is 6.40. The van der Waals surface area contributed by atoms with E-state index in [9.17, 15) is 0 Å². The van der Waals surface area contributed by atoms with E-state index in [0.29, 0.717) is 12.0 Å². The molecule has 4 aromatic rings. The Hall–Kier alpha value is -3.68. The lowest BCUT2D eigenvalue weighted by Gasteiger charge is -2.33. The Morgan fingerprint density at radius 1 is 0.949 bits per heavy atom. The highest BCUT2D eigenvalue weighted by atomic mass is 16.3. The lowest BCUT2D eigenvalue weighted by molar-refractivity contribution is 0.275. The standard InChI is InChI=1S/C32H38N6O/c1-23-21-34-32(35-27-8-10-28(11-9-27)38-18-13-26(33-2)14-19-38)36-31(23)30-20-25-12-16-37(17-15-29(25)39-30)22-24-6-4-3-5-7-24/h3-11,20-21,26,33H,12-19,22H2,1-2H3,(H,34,35,36). The molecule has 0 saturated carbocycles. The normalized spacial score (nSPS) is 16.6. The summed E-state index contributed by atoms with van der Waals surface area (Å²) in [5.41, 5.74) is 6.76. The van der Waals surface area contributed by atoms with E-state index in [0.717, 1.165) is 74.0 Å². The van der Waals surface area contributed by atoms with Crippen molar-refractivity contribution in [3.63, 3.8) is 0 Å². The Kier molecular flexibility index (Phi) is 7.61. The van der Waals surface area contributed by atoms with E-state index in [1.54, 1.807) is 0 Å². The highest BCUT2D eigenvalue weighted by Crippen LogP contribution is 2.30. The molecule has 2 aromatic carbocycles. The highest BCUT2D eigenvalue weighted by molar-refractivity contribution is 5.63. The second-order valence-electron chi connectivity index (χ2n) is 10.8. The Bertz CT molecular complexity index is 1350. The monoisotopic (exact) mass is 522 g/mol. The van der Waals surface area contributed by atoms with Crippen LogP contribution in [-0.2, 0) is 19.4 Å². The molecule has 202 valence electrons. The van der Waals surface area contributed by atoms with E-state index in [1.807, 2.05) is 13.1 Å². The van der Waals surface area contributed by atoms with E-state index in [2.05, 4.69) is 93.1 Å². The molecule has 0 unspecified atom stereocenters. The number of piperidine rings is 1. The van der Waals surface area contributed by atoms with Gasteiger partial charge in [0.2, 0.25) is 5.95 Å². The van der Waals surface area contributed by atoms with Crippen molar-refractivity contribution in [3.05, 3.63) is 89.3 Å². The summed E-state index contributed by atoms with van der Waals surface area (Å²) in [5, 5.41) is 6.79. The number of aromatic nitrogens is 2. The molecule has 6 rings (SSSR count). The fraction of sp³-hybridized carbons (Fsp3) is 0.375. The number of hydrogen-bond donors (Lipinski definition) is 2. The maximum absolute atomic E-state index is 6.40. The van der Waals surface area contributed by atoms with Gasteiger partial charge in [0.25, 0.3) is 0 Å². The molecule has 2 aliphatic rings. The predicted molar refractivity (Wildman–Crippen MR) is 158 cm³/mol. The molecule has 0 spiro atoms. The smallest absolute Gasteiger partial charge is 0.227 e. The SMILES string of the molecule is CNC1CCN(c2ccc(Nc3ncc(C)c(-c4cc5c(o4)CCN(Cc4ccccc4)CC5)n3)cc2)CC1. The van der Waals surface area contributed by atoms with Gasteiger partial charge in [0.1, 0.15) is 11.5 Å². The minimum absolute atomic E-state index is 0.582. The zero-order valence-corrected chi connectivity index (χ0v) is 23.0. The first-order valence-corrected chi connectivity index (χ1v) is 14.2. The third kappa shape index (κ3) is 6.00. The second kappa shape index (κ2) is 11.6. The fourth-order valence-electron chi connectivity index (χ4n) is 5.72. The Morgan fingerprint density at radius 3 is 2.49 bits per heavy atom. The molecule has 2 aromatic heterocycles. The summed E-state index contributed by atoms with van der Waals surface area (Å²) < 4.78 is 6.40. The number of furan rings is 1. The van der Waals surface area contributed by atoms with Crippen LogP contribution in [0.2, 0.25) is 0 Å². The van der Waals surface area contributed by atoms with Crippen LogP contribution in [0, 0.1) is 6.92 Å². The van der Waals surface area contributed by atoms with Crippen molar-refractivity contribution in [1.82, 2.24) is 20.2 Å². The molecular formula is C32H38N6O. The lowest BCUT2D eigenvalue weighted by Crippen LogP contribution is -2.41. The maximum Gasteiger partial charge on any atom is 0.227 e. The molecule has 1 fully saturated rings. The number of nitrogens with zero attached hydrogens (tertiary/aromatic N) is 4. The third-order valence-corrected chi connectivity index (χ3v) is 8.10. The minimum atomic E-state index is 0.582. The average Bonchev–Trinajstić information content (AvgIpc) is 3.30. The lowest BCUT2D eigenvalue weighted by atomic mass is 10.0. The molecule has 0 amide bonds. The Balaban J connectivity index is 1.11. The average molecular weight is 523 g/mol. The number of benzene rings is 2. The van der Waals surface area contributed by atoms with Crippen molar-refractivity contribution in [3.8, 4) is 11.5 Å². The molecule has 1 saturated heterocycles. The van der Waals surface area contributed by atoms with E-state index in [1.165, 1.54) is 29.7 Å². The summed E-state index contributed by atoms with van der Waals surface area (Å²) in [4.78, 5) is 14.4. The second-order valence-corrected chi connectivity index (χ2v) is 10.8. The van der Waals surface area contributed by atoms with Gasteiger partial charge < -0.3 is 20.0 Å². The number of rotatable bonds is 7. The summed E-state index contributed by atoms with van der Waals surface area (Å²) >= 11 is 0. The molecule has 2 aliphatic heterocycles. The minimum Gasteiger partial charge on any atom is -0.459 e. The zero-order valence-electron chi connectivity index (χ0n) is 23.0. The summed E-state index contributed by atoms with van der Waals surface area (Å²) in [6.07, 6.45) is 6.13. The van der Waals surface area contributed by atoms with Crippen LogP contribution < -0.4 is 15.5 Å². The first-order chi connectivity index (χ1) is 19.1. The summed E-state index contributed by atoms with van der Waals surface area (Å²) in [5.74, 6) is 2.50. The number of aryl methyl sites for hydroxylation is 1. The topological polar surface area (TPSA) is 69.5 Å². The number of nitrogens with one attached hydrogen (secondary N) is 2. The molecule has 0 aliphatic carbocycles. The molecule has 0 bridgehead atoms. The molecule has 0 atom stereocenters. The van der Waals surface area contributed by atoms with Gasteiger partial charge in [-0.1, -0.05) is 30.3 Å². The number of fused-ring (bicyclic) bond motifs is 1. The Labute approximate surface area is 231 Å². The van der Waals surface area contributed by atoms with Gasteiger partial charge in [-0.15, -0.1) is 0 Å².